The SMILES string of the molecule is Cl.PCCCl. The first kappa shape index (κ1) is 9.38. The molecule has 0 aromatic rings. The molecule has 5 heavy (non-hydrogen) atoms. The Morgan fingerprint density at radius 2 is 1.80 bits per heavy atom. The van der Waals surface area contributed by atoms with Crippen LogP contribution < -0.4 is 0 Å². The molecule has 0 aliphatic carbocycles. The van der Waals surface area contributed by atoms with Gasteiger partial charge in [0, 0.05) is 5.88 Å². The minimum atomic E-state index is 0. The predicted octanol–water partition coefficient (Wildman–Crippen LogP) is 1.52. The van der Waals surface area contributed by atoms with Gasteiger partial charge in [-0.2, -0.15) is 0 Å². The minimum absolute atomic E-state index is 0. The van der Waals surface area contributed by atoms with Crippen LogP contribution in [0.1, 0.15) is 0 Å². The van der Waals surface area contributed by atoms with E-state index < -0.39 is 0 Å². The molecule has 0 radical (unpaired) electrons. The van der Waals surface area contributed by atoms with Crippen LogP contribution in [0.15, 0.2) is 0 Å². The van der Waals surface area contributed by atoms with Crippen LogP contribution in [0.5, 0.6) is 0 Å². The molecule has 0 fully saturated rings. The molecule has 0 aliphatic heterocycles. The molecule has 3 heteroatoms. The fourth-order valence-corrected chi connectivity index (χ4v) is 0. The van der Waals surface area contributed by atoms with E-state index >= 15 is 0 Å². The van der Waals surface area contributed by atoms with E-state index in [0.29, 0.717) is 0 Å². The van der Waals surface area contributed by atoms with E-state index in [1.807, 2.05) is 0 Å². The Labute approximate surface area is 45.9 Å². The standard InChI is InChI=1S/C2H6ClP.ClH/c3-1-2-4;/h1-2,4H2;1H. The lowest BCUT2D eigenvalue weighted by Crippen LogP contribution is -1.62. The van der Waals surface area contributed by atoms with Crippen LogP contribution >= 0.6 is 33.2 Å². The highest BCUT2D eigenvalue weighted by Crippen LogP contribution is 1.79. The number of hydrogen-bond donors (Lipinski definition) is 0. The summed E-state index contributed by atoms with van der Waals surface area (Å²) in [5, 5.41) is 0. The van der Waals surface area contributed by atoms with E-state index in [-0.39, 0.29) is 12.4 Å². The molecule has 0 heterocycles. The van der Waals surface area contributed by atoms with Gasteiger partial charge in [0.05, 0.1) is 0 Å². The molecule has 0 saturated heterocycles. The van der Waals surface area contributed by atoms with E-state index in [9.17, 15) is 0 Å². The Morgan fingerprint density at radius 3 is 1.80 bits per heavy atom. The number of alkyl halides is 1. The second kappa shape index (κ2) is 8.89. The normalized spacial score (nSPS) is 6.00. The molecule has 0 aliphatic rings. The first-order valence-corrected chi connectivity index (χ1v) is 2.53. The van der Waals surface area contributed by atoms with Crippen molar-refractivity contribution in [1.82, 2.24) is 0 Å². The fraction of sp³-hybridized carbons (Fsp3) is 1.00. The van der Waals surface area contributed by atoms with Gasteiger partial charge in [0.1, 0.15) is 0 Å². The second-order valence-corrected chi connectivity index (χ2v) is 1.43. The Morgan fingerprint density at radius 1 is 1.60 bits per heavy atom. The maximum Gasteiger partial charge on any atom is 0.0258 e. The van der Waals surface area contributed by atoms with E-state index in [4.69, 9.17) is 11.6 Å². The van der Waals surface area contributed by atoms with Crippen LogP contribution in [0, 0.1) is 0 Å². The van der Waals surface area contributed by atoms with Crippen LogP contribution in [-0.4, -0.2) is 12.0 Å². The van der Waals surface area contributed by atoms with Crippen molar-refractivity contribution in [1.29, 1.82) is 0 Å². The molecule has 0 spiro atoms. The molecule has 0 amide bonds. The van der Waals surface area contributed by atoms with Crippen molar-refractivity contribution in [3.63, 3.8) is 0 Å². The summed E-state index contributed by atoms with van der Waals surface area (Å²) in [5.41, 5.74) is 0. The average molecular weight is 133 g/mol. The smallest absolute Gasteiger partial charge is 0.0258 e. The number of rotatable bonds is 1. The summed E-state index contributed by atoms with van der Waals surface area (Å²) in [6, 6.07) is 0. The zero-order valence-electron chi connectivity index (χ0n) is 2.78. The molecule has 0 rings (SSSR count). The highest BCUT2D eigenvalue weighted by atomic mass is 35.5. The molecule has 0 bridgehead atoms. The minimum Gasteiger partial charge on any atom is -0.147 e. The third-order valence-corrected chi connectivity index (χ3v) is 0.982. The van der Waals surface area contributed by atoms with E-state index in [2.05, 4.69) is 9.24 Å². The van der Waals surface area contributed by atoms with Crippen molar-refractivity contribution in [3.05, 3.63) is 0 Å². The first-order valence-electron chi connectivity index (χ1n) is 1.18. The van der Waals surface area contributed by atoms with Crippen LogP contribution in [-0.2, 0) is 0 Å². The maximum absolute atomic E-state index is 5.17. The highest BCUT2D eigenvalue weighted by Gasteiger charge is 1.59. The van der Waals surface area contributed by atoms with Crippen molar-refractivity contribution >= 4 is 33.2 Å². The van der Waals surface area contributed by atoms with Gasteiger partial charge in [0.25, 0.3) is 0 Å². The van der Waals surface area contributed by atoms with Crippen LogP contribution in [0.2, 0.25) is 0 Å². The van der Waals surface area contributed by atoms with Gasteiger partial charge in [-0.15, -0.1) is 33.2 Å². The number of hydrogen-bond acceptors (Lipinski definition) is 0. The fourth-order valence-electron chi connectivity index (χ4n) is 0. The van der Waals surface area contributed by atoms with Gasteiger partial charge in [-0.1, -0.05) is 0 Å². The molecule has 0 aromatic heterocycles. The van der Waals surface area contributed by atoms with Crippen LogP contribution in [0.4, 0.5) is 0 Å². The summed E-state index contributed by atoms with van der Waals surface area (Å²) < 4.78 is 0. The van der Waals surface area contributed by atoms with E-state index in [1.165, 1.54) is 0 Å². The molecule has 1 unspecified atom stereocenters. The van der Waals surface area contributed by atoms with Gasteiger partial charge in [-0.3, -0.25) is 0 Å². The molecular formula is C2H7Cl2P. The van der Waals surface area contributed by atoms with Gasteiger partial charge >= 0.3 is 0 Å². The van der Waals surface area contributed by atoms with Crippen LogP contribution in [0.3, 0.4) is 0 Å². The Balaban J connectivity index is 0. The summed E-state index contributed by atoms with van der Waals surface area (Å²) >= 11 is 5.17. The monoisotopic (exact) mass is 132 g/mol. The zero-order valence-corrected chi connectivity index (χ0v) is 5.50. The van der Waals surface area contributed by atoms with Gasteiger partial charge in [0.2, 0.25) is 0 Å². The van der Waals surface area contributed by atoms with Crippen molar-refractivity contribution in [3.8, 4) is 0 Å². The Bertz CT molecular complexity index is 9.61. The average Bonchev–Trinajstić information content (AvgIpc) is 1.37. The third-order valence-electron chi connectivity index (χ3n) is 0.109. The Kier molecular flexibility index (Phi) is 16.7. The molecule has 0 saturated carbocycles. The molecule has 0 aromatic carbocycles. The summed E-state index contributed by atoms with van der Waals surface area (Å²) in [6.07, 6.45) is 1.00. The number of halogens is 2. The lowest BCUT2D eigenvalue weighted by atomic mass is 11.0. The molecule has 34 valence electrons. The summed E-state index contributed by atoms with van der Waals surface area (Å²) in [4.78, 5) is 0. The molecular weight excluding hydrogens is 126 g/mol. The van der Waals surface area contributed by atoms with Gasteiger partial charge in [-0.05, 0) is 6.16 Å². The second-order valence-electron chi connectivity index (χ2n) is 0.478. The third kappa shape index (κ3) is 11.2. The van der Waals surface area contributed by atoms with Crippen LogP contribution in [0.25, 0.3) is 0 Å². The molecule has 0 N–H and O–H groups in total. The summed E-state index contributed by atoms with van der Waals surface area (Å²) in [7, 11) is 2.52. The van der Waals surface area contributed by atoms with E-state index in [0.717, 1.165) is 12.0 Å². The molecule has 0 nitrogen and oxygen atoms in total. The highest BCUT2D eigenvalue weighted by molar-refractivity contribution is 7.16. The van der Waals surface area contributed by atoms with Crippen molar-refractivity contribution < 1.29 is 0 Å². The summed E-state index contributed by atoms with van der Waals surface area (Å²) in [6.45, 7) is 0. The van der Waals surface area contributed by atoms with Crippen molar-refractivity contribution in [2.45, 2.75) is 0 Å². The largest absolute Gasteiger partial charge is 0.147 e. The van der Waals surface area contributed by atoms with Crippen molar-refractivity contribution in [2.75, 3.05) is 12.0 Å². The van der Waals surface area contributed by atoms with Gasteiger partial charge in [-0.25, -0.2) is 0 Å². The molecule has 1 atom stereocenters. The lowest BCUT2D eigenvalue weighted by molar-refractivity contribution is 1.54. The van der Waals surface area contributed by atoms with E-state index in [1.54, 1.807) is 0 Å². The lowest BCUT2D eigenvalue weighted by Gasteiger charge is -1.66. The summed E-state index contributed by atoms with van der Waals surface area (Å²) in [5.74, 6) is 0.755. The zero-order chi connectivity index (χ0) is 3.41. The first-order chi connectivity index (χ1) is 1.91. The maximum atomic E-state index is 5.17. The van der Waals surface area contributed by atoms with Crippen molar-refractivity contribution in [2.24, 2.45) is 0 Å². The predicted molar refractivity (Wildman–Crippen MR) is 32.5 cm³/mol. The quantitative estimate of drug-likeness (QED) is 0.375. The Hall–Kier alpha value is 1.01. The van der Waals surface area contributed by atoms with Gasteiger partial charge < -0.3 is 0 Å². The topological polar surface area (TPSA) is 0 Å². The van der Waals surface area contributed by atoms with Gasteiger partial charge in [0.15, 0.2) is 0 Å².